The van der Waals surface area contributed by atoms with Crippen LogP contribution in [0.1, 0.15) is 48.7 Å². The molecule has 1 atom stereocenters. The summed E-state index contributed by atoms with van der Waals surface area (Å²) in [6.45, 7) is 3.83. The van der Waals surface area contributed by atoms with Crippen molar-refractivity contribution >= 4 is 23.5 Å². The molecule has 1 aromatic carbocycles. The number of amides is 1. The van der Waals surface area contributed by atoms with E-state index in [-0.39, 0.29) is 46.2 Å². The highest BCUT2D eigenvalue weighted by Crippen LogP contribution is 2.33. The van der Waals surface area contributed by atoms with Gasteiger partial charge in [0.25, 0.3) is 5.91 Å². The molecule has 0 saturated carbocycles. The van der Waals surface area contributed by atoms with Crippen LogP contribution in [0.3, 0.4) is 0 Å². The van der Waals surface area contributed by atoms with Gasteiger partial charge < -0.3 is 14.2 Å². The number of ether oxygens (including phenoxy) is 1. The van der Waals surface area contributed by atoms with Crippen LogP contribution in [-0.4, -0.2) is 41.1 Å². The molecular formula is C20H22ClFN2O4. The van der Waals surface area contributed by atoms with Gasteiger partial charge in [0.05, 0.1) is 10.6 Å². The first-order chi connectivity index (χ1) is 13.4. The van der Waals surface area contributed by atoms with E-state index in [1.165, 1.54) is 25.1 Å². The summed E-state index contributed by atoms with van der Waals surface area (Å²) < 4.78 is 24.5. The molecule has 1 aromatic heterocycles. The second kappa shape index (κ2) is 8.73. The van der Waals surface area contributed by atoms with E-state index in [9.17, 15) is 14.0 Å². The Bertz CT molecular complexity index is 863. The molecule has 1 unspecified atom stereocenters. The Hall–Kier alpha value is -2.41. The van der Waals surface area contributed by atoms with Crippen LogP contribution in [0.15, 0.2) is 22.7 Å². The van der Waals surface area contributed by atoms with Gasteiger partial charge in [-0.15, -0.1) is 0 Å². The van der Waals surface area contributed by atoms with Crippen LogP contribution in [0.4, 0.5) is 4.39 Å². The maximum atomic E-state index is 14.2. The number of aromatic nitrogens is 1. The lowest BCUT2D eigenvalue weighted by molar-refractivity contribution is -0.138. The number of benzene rings is 1. The number of nitrogens with zero attached hydrogens (tertiary/aromatic N) is 2. The van der Waals surface area contributed by atoms with Crippen LogP contribution < -0.4 is 0 Å². The van der Waals surface area contributed by atoms with Crippen LogP contribution in [0.25, 0.3) is 11.3 Å². The number of hydrogen-bond donors (Lipinski definition) is 0. The summed E-state index contributed by atoms with van der Waals surface area (Å²) in [5, 5.41) is 3.87. The van der Waals surface area contributed by atoms with Crippen molar-refractivity contribution in [2.75, 3.05) is 13.2 Å². The van der Waals surface area contributed by atoms with E-state index in [1.807, 2.05) is 6.92 Å². The standard InChI is InChI=1S/C20H22ClFN2O4/c1-3-13-7-4-5-10-24(13)16(25)11-27-20(26)17-12(2)28-23-19(17)18-14(21)8-6-9-15(18)22/h6,8-9,13H,3-5,7,10-11H2,1-2H3. The van der Waals surface area contributed by atoms with Gasteiger partial charge in [-0.2, -0.15) is 0 Å². The van der Waals surface area contributed by atoms with Crippen LogP contribution in [0.2, 0.25) is 5.02 Å². The molecule has 150 valence electrons. The Balaban J connectivity index is 1.77. The zero-order valence-corrected chi connectivity index (χ0v) is 16.6. The van der Waals surface area contributed by atoms with Crippen LogP contribution in [-0.2, 0) is 9.53 Å². The molecule has 2 aromatic rings. The highest BCUT2D eigenvalue weighted by molar-refractivity contribution is 6.33. The zero-order chi connectivity index (χ0) is 20.3. The van der Waals surface area contributed by atoms with E-state index >= 15 is 0 Å². The number of esters is 1. The third kappa shape index (κ3) is 4.04. The van der Waals surface area contributed by atoms with Crippen LogP contribution >= 0.6 is 11.6 Å². The van der Waals surface area contributed by atoms with E-state index in [0.717, 1.165) is 25.7 Å². The van der Waals surface area contributed by atoms with Crippen molar-refractivity contribution in [1.82, 2.24) is 10.1 Å². The summed E-state index contributed by atoms with van der Waals surface area (Å²) in [5.41, 5.74) is -0.116. The Morgan fingerprint density at radius 1 is 1.39 bits per heavy atom. The maximum absolute atomic E-state index is 14.2. The summed E-state index contributed by atoms with van der Waals surface area (Å²) in [5.74, 6) is -1.51. The normalized spacial score (nSPS) is 16.9. The molecular weight excluding hydrogens is 387 g/mol. The van der Waals surface area contributed by atoms with Crippen molar-refractivity contribution in [3.63, 3.8) is 0 Å². The molecule has 3 rings (SSSR count). The molecule has 1 amide bonds. The molecule has 8 heteroatoms. The number of aryl methyl sites for hydroxylation is 1. The fourth-order valence-corrected chi connectivity index (χ4v) is 3.80. The number of hydrogen-bond acceptors (Lipinski definition) is 5. The minimum absolute atomic E-state index is 0.0366. The zero-order valence-electron chi connectivity index (χ0n) is 15.8. The van der Waals surface area contributed by atoms with E-state index < -0.39 is 11.8 Å². The van der Waals surface area contributed by atoms with Gasteiger partial charge in [-0.1, -0.05) is 29.7 Å². The van der Waals surface area contributed by atoms with Gasteiger partial charge in [-0.3, -0.25) is 4.79 Å². The number of carbonyl (C=O) groups excluding carboxylic acids is 2. The third-order valence-corrected chi connectivity index (χ3v) is 5.33. The number of likely N-dealkylation sites (tertiary alicyclic amines) is 1. The Morgan fingerprint density at radius 2 is 2.18 bits per heavy atom. The van der Waals surface area contributed by atoms with Gasteiger partial charge in [-0.05, 0) is 44.7 Å². The first kappa shape index (κ1) is 20.3. The topological polar surface area (TPSA) is 72.6 Å². The lowest BCUT2D eigenvalue weighted by Crippen LogP contribution is -2.45. The monoisotopic (exact) mass is 408 g/mol. The number of halogens is 2. The van der Waals surface area contributed by atoms with Crippen molar-refractivity contribution in [1.29, 1.82) is 0 Å². The molecule has 0 spiro atoms. The van der Waals surface area contributed by atoms with Gasteiger partial charge in [0.2, 0.25) is 0 Å². The molecule has 1 aliphatic heterocycles. The first-order valence-electron chi connectivity index (χ1n) is 9.31. The molecule has 28 heavy (non-hydrogen) atoms. The predicted molar refractivity (Wildman–Crippen MR) is 102 cm³/mol. The average Bonchev–Trinajstić information content (AvgIpc) is 3.06. The molecule has 0 N–H and O–H groups in total. The lowest BCUT2D eigenvalue weighted by Gasteiger charge is -2.35. The minimum Gasteiger partial charge on any atom is -0.452 e. The number of piperidine rings is 1. The largest absolute Gasteiger partial charge is 0.452 e. The summed E-state index contributed by atoms with van der Waals surface area (Å²) in [7, 11) is 0. The number of carbonyl (C=O) groups is 2. The smallest absolute Gasteiger partial charge is 0.344 e. The molecule has 0 radical (unpaired) electrons. The molecule has 0 bridgehead atoms. The summed E-state index contributed by atoms with van der Waals surface area (Å²) in [6.07, 6.45) is 3.85. The van der Waals surface area contributed by atoms with E-state index in [2.05, 4.69) is 5.16 Å². The summed E-state index contributed by atoms with van der Waals surface area (Å²) in [4.78, 5) is 26.9. The summed E-state index contributed by atoms with van der Waals surface area (Å²) in [6, 6.07) is 4.33. The van der Waals surface area contributed by atoms with Crippen molar-refractivity contribution in [2.45, 2.75) is 45.6 Å². The Morgan fingerprint density at radius 3 is 2.89 bits per heavy atom. The molecule has 6 nitrogen and oxygen atoms in total. The highest BCUT2D eigenvalue weighted by Gasteiger charge is 2.29. The number of rotatable bonds is 5. The Kier molecular flexibility index (Phi) is 6.34. The fraction of sp³-hybridized carbons (Fsp3) is 0.450. The van der Waals surface area contributed by atoms with Crippen molar-refractivity contribution in [3.8, 4) is 11.3 Å². The molecule has 0 aliphatic carbocycles. The predicted octanol–water partition coefficient (Wildman–Crippen LogP) is 4.39. The molecule has 2 heterocycles. The fourth-order valence-electron chi connectivity index (χ4n) is 3.54. The summed E-state index contributed by atoms with van der Waals surface area (Å²) >= 11 is 6.08. The van der Waals surface area contributed by atoms with Gasteiger partial charge in [-0.25, -0.2) is 9.18 Å². The van der Waals surface area contributed by atoms with Crippen LogP contribution in [0.5, 0.6) is 0 Å². The second-order valence-corrected chi connectivity index (χ2v) is 7.19. The third-order valence-electron chi connectivity index (χ3n) is 5.01. The maximum Gasteiger partial charge on any atom is 0.344 e. The van der Waals surface area contributed by atoms with Crippen molar-refractivity contribution in [3.05, 3.63) is 40.4 Å². The SMILES string of the molecule is CCC1CCCCN1C(=O)COC(=O)c1c(-c2c(F)cccc2Cl)noc1C. The van der Waals surface area contributed by atoms with Crippen molar-refractivity contribution < 1.29 is 23.2 Å². The highest BCUT2D eigenvalue weighted by atomic mass is 35.5. The molecule has 1 fully saturated rings. The average molecular weight is 409 g/mol. The van der Waals surface area contributed by atoms with E-state index in [0.29, 0.717) is 6.54 Å². The second-order valence-electron chi connectivity index (χ2n) is 6.78. The van der Waals surface area contributed by atoms with Gasteiger partial charge >= 0.3 is 5.97 Å². The lowest BCUT2D eigenvalue weighted by atomic mass is 10.00. The van der Waals surface area contributed by atoms with E-state index in [4.69, 9.17) is 20.9 Å². The molecule has 1 aliphatic rings. The molecule has 1 saturated heterocycles. The quantitative estimate of drug-likeness (QED) is 0.686. The van der Waals surface area contributed by atoms with Gasteiger partial charge in [0, 0.05) is 12.6 Å². The first-order valence-corrected chi connectivity index (χ1v) is 9.69. The van der Waals surface area contributed by atoms with E-state index in [1.54, 1.807) is 4.90 Å². The Labute approximate surface area is 167 Å². The van der Waals surface area contributed by atoms with Crippen LogP contribution in [0, 0.1) is 12.7 Å². The van der Waals surface area contributed by atoms with Crippen molar-refractivity contribution in [2.24, 2.45) is 0 Å². The van der Waals surface area contributed by atoms with Gasteiger partial charge in [0.1, 0.15) is 22.8 Å². The van der Waals surface area contributed by atoms with Gasteiger partial charge in [0.15, 0.2) is 6.61 Å². The minimum atomic E-state index is -0.800.